The summed E-state index contributed by atoms with van der Waals surface area (Å²) in [5, 5.41) is 0. The summed E-state index contributed by atoms with van der Waals surface area (Å²) in [4.78, 5) is 0. The zero-order valence-corrected chi connectivity index (χ0v) is 8.86. The second kappa shape index (κ2) is 4.55. The summed E-state index contributed by atoms with van der Waals surface area (Å²) >= 11 is 0. The Morgan fingerprint density at radius 3 is 2.00 bits per heavy atom. The number of hydrogen-bond acceptors (Lipinski definition) is 3. The van der Waals surface area contributed by atoms with E-state index in [0.29, 0.717) is 0 Å². The van der Waals surface area contributed by atoms with E-state index >= 15 is 0 Å². The molecule has 0 bridgehead atoms. The fourth-order valence-corrected chi connectivity index (χ4v) is 1.62. The molecular weight excluding hydrogens is 178 g/mol. The monoisotopic (exact) mass is 195 g/mol. The maximum absolute atomic E-state index is 5.87. The van der Waals surface area contributed by atoms with Gasteiger partial charge in [0.2, 0.25) is 5.79 Å². The van der Waals surface area contributed by atoms with E-state index in [9.17, 15) is 0 Å². The first-order chi connectivity index (χ1) is 6.67. The topological polar surface area (TPSA) is 44.5 Å². The standard InChI is InChI=1S/C11H17NO2/c1-9(12)11(13-2,14-3)10-7-5-4-6-8-10/h4-9H,12H2,1-3H3. The lowest BCUT2D eigenvalue weighted by molar-refractivity contribution is -0.226. The van der Waals surface area contributed by atoms with Gasteiger partial charge >= 0.3 is 0 Å². The number of hydrogen-bond donors (Lipinski definition) is 1. The molecule has 0 spiro atoms. The van der Waals surface area contributed by atoms with Gasteiger partial charge in [0, 0.05) is 19.8 Å². The van der Waals surface area contributed by atoms with Gasteiger partial charge in [0.05, 0.1) is 6.04 Å². The van der Waals surface area contributed by atoms with Crippen LogP contribution < -0.4 is 5.73 Å². The van der Waals surface area contributed by atoms with Crippen molar-refractivity contribution >= 4 is 0 Å². The number of methoxy groups -OCH3 is 2. The van der Waals surface area contributed by atoms with Gasteiger partial charge < -0.3 is 15.2 Å². The Labute approximate surface area is 84.8 Å². The smallest absolute Gasteiger partial charge is 0.209 e. The highest BCUT2D eigenvalue weighted by Crippen LogP contribution is 2.28. The average Bonchev–Trinajstić information content (AvgIpc) is 2.22. The molecule has 0 aliphatic rings. The van der Waals surface area contributed by atoms with E-state index in [2.05, 4.69) is 0 Å². The van der Waals surface area contributed by atoms with Crippen molar-refractivity contribution < 1.29 is 9.47 Å². The summed E-state index contributed by atoms with van der Waals surface area (Å²) in [6.07, 6.45) is 0. The van der Waals surface area contributed by atoms with Crippen molar-refractivity contribution in [3.63, 3.8) is 0 Å². The van der Waals surface area contributed by atoms with E-state index < -0.39 is 5.79 Å². The summed E-state index contributed by atoms with van der Waals surface area (Å²) in [5.74, 6) is -0.846. The van der Waals surface area contributed by atoms with Crippen molar-refractivity contribution in [3.8, 4) is 0 Å². The van der Waals surface area contributed by atoms with Crippen molar-refractivity contribution in [2.45, 2.75) is 18.8 Å². The largest absolute Gasteiger partial charge is 0.348 e. The zero-order valence-electron chi connectivity index (χ0n) is 8.86. The first-order valence-corrected chi connectivity index (χ1v) is 4.58. The van der Waals surface area contributed by atoms with Crippen LogP contribution in [0.1, 0.15) is 12.5 Å². The third-order valence-electron chi connectivity index (χ3n) is 2.38. The molecule has 0 heterocycles. The molecule has 78 valence electrons. The Morgan fingerprint density at radius 2 is 1.64 bits per heavy atom. The lowest BCUT2D eigenvalue weighted by Gasteiger charge is -2.34. The van der Waals surface area contributed by atoms with Crippen molar-refractivity contribution in [1.29, 1.82) is 0 Å². The Kier molecular flexibility index (Phi) is 3.63. The Morgan fingerprint density at radius 1 is 1.14 bits per heavy atom. The predicted octanol–water partition coefficient (Wildman–Crippen LogP) is 1.48. The Bertz CT molecular complexity index is 268. The van der Waals surface area contributed by atoms with Crippen molar-refractivity contribution in [2.24, 2.45) is 5.73 Å². The van der Waals surface area contributed by atoms with E-state index in [-0.39, 0.29) is 6.04 Å². The first kappa shape index (κ1) is 11.2. The normalized spacial score (nSPS) is 14.0. The molecule has 14 heavy (non-hydrogen) atoms. The molecule has 0 fully saturated rings. The van der Waals surface area contributed by atoms with Gasteiger partial charge in [-0.2, -0.15) is 0 Å². The number of benzene rings is 1. The molecule has 0 aliphatic heterocycles. The van der Waals surface area contributed by atoms with Crippen LogP contribution in [0.3, 0.4) is 0 Å². The molecule has 1 rings (SSSR count). The van der Waals surface area contributed by atoms with E-state index in [4.69, 9.17) is 15.2 Å². The first-order valence-electron chi connectivity index (χ1n) is 4.58. The van der Waals surface area contributed by atoms with Crippen molar-refractivity contribution in [1.82, 2.24) is 0 Å². The second-order valence-corrected chi connectivity index (χ2v) is 3.23. The zero-order chi connectivity index (χ0) is 10.6. The fraction of sp³-hybridized carbons (Fsp3) is 0.455. The van der Waals surface area contributed by atoms with E-state index in [0.717, 1.165) is 5.56 Å². The molecular formula is C11H17NO2. The summed E-state index contributed by atoms with van der Waals surface area (Å²) in [6, 6.07) is 9.46. The van der Waals surface area contributed by atoms with Crippen molar-refractivity contribution in [3.05, 3.63) is 35.9 Å². The fourth-order valence-electron chi connectivity index (χ4n) is 1.62. The van der Waals surface area contributed by atoms with Gasteiger partial charge in [0.1, 0.15) is 0 Å². The van der Waals surface area contributed by atoms with Crippen LogP contribution in [-0.2, 0) is 15.3 Å². The molecule has 0 aliphatic carbocycles. The van der Waals surface area contributed by atoms with Gasteiger partial charge in [-0.1, -0.05) is 30.3 Å². The molecule has 0 radical (unpaired) electrons. The van der Waals surface area contributed by atoms with Crippen LogP contribution in [-0.4, -0.2) is 20.3 Å². The summed E-state index contributed by atoms with van der Waals surface area (Å²) < 4.78 is 10.8. The molecule has 0 amide bonds. The highest BCUT2D eigenvalue weighted by molar-refractivity contribution is 5.21. The minimum Gasteiger partial charge on any atom is -0.348 e. The van der Waals surface area contributed by atoms with Crippen LogP contribution in [0.4, 0.5) is 0 Å². The predicted molar refractivity (Wildman–Crippen MR) is 55.8 cm³/mol. The summed E-state index contributed by atoms with van der Waals surface area (Å²) in [7, 11) is 3.19. The van der Waals surface area contributed by atoms with Gasteiger partial charge in [-0.05, 0) is 6.92 Å². The second-order valence-electron chi connectivity index (χ2n) is 3.23. The Balaban J connectivity index is 3.11. The molecule has 3 heteroatoms. The van der Waals surface area contributed by atoms with Gasteiger partial charge in [-0.25, -0.2) is 0 Å². The van der Waals surface area contributed by atoms with Gasteiger partial charge in [0.15, 0.2) is 0 Å². The van der Waals surface area contributed by atoms with Gasteiger partial charge in [-0.15, -0.1) is 0 Å². The minimum absolute atomic E-state index is 0.236. The van der Waals surface area contributed by atoms with Crippen LogP contribution in [0.5, 0.6) is 0 Å². The molecule has 2 N–H and O–H groups in total. The number of nitrogens with two attached hydrogens (primary N) is 1. The number of rotatable bonds is 4. The molecule has 0 saturated heterocycles. The molecule has 3 nitrogen and oxygen atoms in total. The lowest BCUT2D eigenvalue weighted by Crippen LogP contribution is -2.46. The molecule has 1 unspecified atom stereocenters. The molecule has 1 aromatic carbocycles. The highest BCUT2D eigenvalue weighted by atomic mass is 16.7. The quantitative estimate of drug-likeness (QED) is 0.740. The van der Waals surface area contributed by atoms with Crippen LogP contribution in [0, 0.1) is 0 Å². The van der Waals surface area contributed by atoms with E-state index in [1.54, 1.807) is 14.2 Å². The van der Waals surface area contributed by atoms with Crippen LogP contribution in [0.15, 0.2) is 30.3 Å². The maximum Gasteiger partial charge on any atom is 0.209 e. The van der Waals surface area contributed by atoms with Crippen LogP contribution >= 0.6 is 0 Å². The average molecular weight is 195 g/mol. The molecule has 1 aromatic rings. The lowest BCUT2D eigenvalue weighted by atomic mass is 9.99. The van der Waals surface area contributed by atoms with E-state index in [1.165, 1.54) is 0 Å². The van der Waals surface area contributed by atoms with Gasteiger partial charge in [0.25, 0.3) is 0 Å². The van der Waals surface area contributed by atoms with Gasteiger partial charge in [-0.3, -0.25) is 0 Å². The van der Waals surface area contributed by atoms with Crippen LogP contribution in [0.2, 0.25) is 0 Å². The summed E-state index contributed by atoms with van der Waals surface area (Å²) in [5.41, 5.74) is 6.81. The third-order valence-corrected chi connectivity index (χ3v) is 2.38. The van der Waals surface area contributed by atoms with E-state index in [1.807, 2.05) is 37.3 Å². The highest BCUT2D eigenvalue weighted by Gasteiger charge is 2.36. The summed E-state index contributed by atoms with van der Waals surface area (Å²) in [6.45, 7) is 1.86. The molecule has 0 aromatic heterocycles. The molecule has 1 atom stereocenters. The maximum atomic E-state index is 5.87. The molecule has 0 saturated carbocycles. The van der Waals surface area contributed by atoms with Crippen molar-refractivity contribution in [2.75, 3.05) is 14.2 Å². The Hall–Kier alpha value is -0.900. The van der Waals surface area contributed by atoms with Crippen LogP contribution in [0.25, 0.3) is 0 Å². The number of ether oxygens (including phenoxy) is 2. The third kappa shape index (κ3) is 1.80. The SMILES string of the molecule is COC(OC)(c1ccccc1)C(C)N. The minimum atomic E-state index is -0.846.